The van der Waals surface area contributed by atoms with Gasteiger partial charge in [-0.3, -0.25) is 9.59 Å². The minimum Gasteiger partial charge on any atom is -0.456 e. The topological polar surface area (TPSA) is 43.4 Å². The Labute approximate surface area is 230 Å². The quantitative estimate of drug-likeness (QED) is 0.190. The number of ether oxygens (including phenoxy) is 1. The van der Waals surface area contributed by atoms with Crippen molar-refractivity contribution in [1.29, 1.82) is 0 Å². The van der Waals surface area contributed by atoms with E-state index in [1.165, 1.54) is 32.0 Å². The smallest absolute Gasteiger partial charge is 0.312 e. The number of esters is 1. The Kier molecular flexibility index (Phi) is 6.57. The summed E-state index contributed by atoms with van der Waals surface area (Å²) in [7, 11) is 0.0594. The van der Waals surface area contributed by atoms with E-state index in [9.17, 15) is 18.4 Å². The van der Waals surface area contributed by atoms with E-state index >= 15 is 0 Å². The summed E-state index contributed by atoms with van der Waals surface area (Å²) in [5.74, 6) is -2.99. The third kappa shape index (κ3) is 4.67. The summed E-state index contributed by atoms with van der Waals surface area (Å²) in [5.41, 5.74) is -0.677. The number of alkyl halides is 2. The minimum atomic E-state index is -3.03. The van der Waals surface area contributed by atoms with E-state index in [4.69, 9.17) is 4.74 Å². The summed E-state index contributed by atoms with van der Waals surface area (Å²) in [6, 6.07) is 28.4. The van der Waals surface area contributed by atoms with Crippen molar-refractivity contribution in [3.05, 3.63) is 78.9 Å². The zero-order chi connectivity index (χ0) is 27.4. The lowest BCUT2D eigenvalue weighted by molar-refractivity contribution is -0.192. The average Bonchev–Trinajstić information content (AvgIpc) is 3.26. The van der Waals surface area contributed by atoms with Gasteiger partial charge in [0, 0.05) is 40.0 Å². The van der Waals surface area contributed by atoms with Crippen molar-refractivity contribution in [3.8, 4) is 4.90 Å². The summed E-state index contributed by atoms with van der Waals surface area (Å²) in [6.07, 6.45) is 2.01. The SMILES string of the molecule is CC(OC(=O)C12CC3CC(C1)C(=O)C(C3)C2)C(C)(F)F.c1ccc(-[s+]2c3ccccc3c3ccccc32)cc1. The lowest BCUT2D eigenvalue weighted by Crippen LogP contribution is -2.55. The maximum atomic E-state index is 13.2. The lowest BCUT2D eigenvalue weighted by Gasteiger charge is -2.54. The van der Waals surface area contributed by atoms with E-state index in [0.29, 0.717) is 25.2 Å². The van der Waals surface area contributed by atoms with Gasteiger partial charge in [-0.15, -0.1) is 0 Å². The highest BCUT2D eigenvalue weighted by Gasteiger charge is 2.59. The van der Waals surface area contributed by atoms with E-state index < -0.39 is 23.4 Å². The molecule has 0 amide bonds. The van der Waals surface area contributed by atoms with Gasteiger partial charge in [-0.25, -0.2) is 8.78 Å². The highest BCUT2D eigenvalue weighted by atomic mass is 32.2. The van der Waals surface area contributed by atoms with Crippen LogP contribution >= 0.6 is 10.5 Å². The fraction of sp³-hybridized carbons (Fsp3) is 0.394. The molecule has 8 rings (SSSR count). The van der Waals surface area contributed by atoms with Gasteiger partial charge in [0.1, 0.15) is 5.78 Å². The summed E-state index contributed by atoms with van der Waals surface area (Å²) in [4.78, 5) is 25.8. The molecule has 3 atom stereocenters. The molecule has 0 N–H and O–H groups in total. The van der Waals surface area contributed by atoms with Crippen LogP contribution in [0.2, 0.25) is 0 Å². The van der Waals surface area contributed by atoms with Crippen molar-refractivity contribution >= 4 is 42.4 Å². The Balaban J connectivity index is 0.000000142. The molecule has 0 saturated heterocycles. The first-order chi connectivity index (χ1) is 18.7. The molecule has 0 radical (unpaired) electrons. The molecule has 4 aliphatic rings. The molecule has 6 heteroatoms. The predicted molar refractivity (Wildman–Crippen MR) is 152 cm³/mol. The van der Waals surface area contributed by atoms with Gasteiger partial charge in [-0.1, -0.05) is 42.5 Å². The third-order valence-corrected chi connectivity index (χ3v) is 11.2. The molecule has 0 spiro atoms. The summed E-state index contributed by atoms with van der Waals surface area (Å²) in [6.45, 7) is 1.98. The number of rotatable bonds is 4. The molecule has 202 valence electrons. The summed E-state index contributed by atoms with van der Waals surface area (Å²) < 4.78 is 34.3. The van der Waals surface area contributed by atoms with Crippen LogP contribution in [0.25, 0.3) is 25.1 Å². The fourth-order valence-electron chi connectivity index (χ4n) is 7.05. The number of ketones is 1. The van der Waals surface area contributed by atoms with Crippen LogP contribution in [0.15, 0.2) is 78.9 Å². The highest BCUT2D eigenvalue weighted by Crippen LogP contribution is 2.59. The third-order valence-electron chi connectivity index (χ3n) is 8.91. The van der Waals surface area contributed by atoms with Crippen LogP contribution in [0.1, 0.15) is 46.0 Å². The lowest BCUT2D eigenvalue weighted by atomic mass is 9.49. The first-order valence-corrected chi connectivity index (χ1v) is 15.0. The number of carbonyl (C=O) groups is 2. The second-order valence-corrected chi connectivity index (χ2v) is 13.6. The van der Waals surface area contributed by atoms with E-state index in [1.54, 1.807) is 0 Å². The maximum absolute atomic E-state index is 13.2. The normalized spacial score (nSPS) is 26.4. The molecular weight excluding hydrogens is 514 g/mol. The molecule has 4 saturated carbocycles. The zero-order valence-electron chi connectivity index (χ0n) is 22.2. The molecular formula is C33H33F2O3S+. The summed E-state index contributed by atoms with van der Waals surface area (Å²) >= 11 is 0. The molecule has 3 aromatic carbocycles. The number of hydrogen-bond acceptors (Lipinski definition) is 3. The Bertz CT molecular complexity index is 1470. The van der Waals surface area contributed by atoms with E-state index in [0.717, 1.165) is 19.8 Å². The number of thiophene rings is 1. The van der Waals surface area contributed by atoms with Crippen LogP contribution in [0, 0.1) is 23.2 Å². The zero-order valence-corrected chi connectivity index (χ0v) is 23.1. The molecule has 4 bridgehead atoms. The minimum absolute atomic E-state index is 0.0498. The Hall–Kier alpha value is -3.12. The molecule has 1 aromatic heterocycles. The number of Topliss-reactive ketones (excluding diaryl/α,β-unsaturated/α-hetero) is 1. The van der Waals surface area contributed by atoms with Crippen molar-refractivity contribution in [2.75, 3.05) is 0 Å². The van der Waals surface area contributed by atoms with Crippen molar-refractivity contribution in [2.24, 2.45) is 23.2 Å². The van der Waals surface area contributed by atoms with Crippen LogP contribution < -0.4 is 0 Å². The van der Waals surface area contributed by atoms with Crippen molar-refractivity contribution in [3.63, 3.8) is 0 Å². The molecule has 4 aliphatic carbocycles. The van der Waals surface area contributed by atoms with Crippen LogP contribution in [-0.4, -0.2) is 23.8 Å². The number of hydrogen-bond donors (Lipinski definition) is 0. The number of halogens is 2. The molecule has 0 aliphatic heterocycles. The second-order valence-electron chi connectivity index (χ2n) is 11.6. The van der Waals surface area contributed by atoms with Gasteiger partial charge in [-0.05, 0) is 81.3 Å². The maximum Gasteiger partial charge on any atom is 0.312 e. The first-order valence-electron chi connectivity index (χ1n) is 13.8. The molecule has 1 heterocycles. The monoisotopic (exact) mass is 547 g/mol. The molecule has 4 fully saturated rings. The van der Waals surface area contributed by atoms with E-state index in [2.05, 4.69) is 78.9 Å². The number of carbonyl (C=O) groups excluding carboxylic acids is 2. The predicted octanol–water partition coefficient (Wildman–Crippen LogP) is 8.70. The standard InChI is InChI=1S/C18H13S.C15H20F2O3/c1-2-8-14(9-3-1)19-17-12-6-4-10-15(17)16-11-5-7-13-18(16)19;1-8(14(2,16)17)20-13(19)15-5-9-3-10(6-15)12(18)11(4-9)7-15/h1-13H;8-11H,3-7H2,1-2H3/q+1;. The van der Waals surface area contributed by atoms with Crippen molar-refractivity contribution in [1.82, 2.24) is 0 Å². The van der Waals surface area contributed by atoms with Crippen molar-refractivity contribution < 1.29 is 23.1 Å². The van der Waals surface area contributed by atoms with E-state index in [-0.39, 0.29) is 28.1 Å². The number of benzene rings is 3. The van der Waals surface area contributed by atoms with Crippen LogP contribution in [0.4, 0.5) is 8.78 Å². The van der Waals surface area contributed by atoms with Gasteiger partial charge < -0.3 is 4.74 Å². The first kappa shape index (κ1) is 26.1. The van der Waals surface area contributed by atoms with Gasteiger partial charge in [-0.2, -0.15) is 0 Å². The second kappa shape index (κ2) is 9.81. The Morgan fingerprint density at radius 2 is 1.38 bits per heavy atom. The highest BCUT2D eigenvalue weighted by molar-refractivity contribution is 7.50. The molecule has 3 nitrogen and oxygen atoms in total. The van der Waals surface area contributed by atoms with Crippen LogP contribution in [0.3, 0.4) is 0 Å². The fourth-order valence-corrected chi connectivity index (χ4v) is 9.45. The van der Waals surface area contributed by atoms with E-state index in [1.807, 2.05) is 0 Å². The van der Waals surface area contributed by atoms with Gasteiger partial charge in [0.25, 0.3) is 5.92 Å². The number of fused-ring (bicyclic) bond motifs is 3. The summed E-state index contributed by atoms with van der Waals surface area (Å²) in [5, 5.41) is 2.79. The van der Waals surface area contributed by atoms with Crippen molar-refractivity contribution in [2.45, 2.75) is 58.0 Å². The Morgan fingerprint density at radius 3 is 1.92 bits per heavy atom. The molecule has 3 unspecified atom stereocenters. The largest absolute Gasteiger partial charge is 0.456 e. The van der Waals surface area contributed by atoms with Gasteiger partial charge in [0.2, 0.25) is 0 Å². The average molecular weight is 548 g/mol. The molecule has 4 aromatic rings. The Morgan fingerprint density at radius 1 is 0.872 bits per heavy atom. The van der Waals surface area contributed by atoms with Gasteiger partial charge in [0.15, 0.2) is 20.4 Å². The van der Waals surface area contributed by atoms with Gasteiger partial charge >= 0.3 is 5.97 Å². The van der Waals surface area contributed by atoms with Gasteiger partial charge in [0.05, 0.1) is 5.41 Å². The van der Waals surface area contributed by atoms with Crippen LogP contribution in [-0.2, 0) is 14.3 Å². The van der Waals surface area contributed by atoms with Crippen LogP contribution in [0.5, 0.6) is 0 Å². The molecule has 39 heavy (non-hydrogen) atoms.